The Morgan fingerprint density at radius 1 is 1.10 bits per heavy atom. The van der Waals surface area contributed by atoms with E-state index in [1.807, 2.05) is 6.92 Å². The zero-order chi connectivity index (χ0) is 20.5. The molecule has 1 saturated carbocycles. The molecule has 1 aromatic carbocycles. The number of amides is 5. The first-order chi connectivity index (χ1) is 14.0. The number of nitrogens with one attached hydrogen (secondary N) is 1. The third kappa shape index (κ3) is 3.64. The van der Waals surface area contributed by atoms with Crippen molar-refractivity contribution < 1.29 is 28.7 Å². The zero-order valence-electron chi connectivity index (χ0n) is 16.2. The molecule has 2 atom stereocenters. The van der Waals surface area contributed by atoms with Crippen molar-refractivity contribution in [3.05, 3.63) is 23.8 Å². The van der Waals surface area contributed by atoms with Crippen molar-refractivity contribution in [3.63, 3.8) is 0 Å². The summed E-state index contributed by atoms with van der Waals surface area (Å²) in [7, 11) is 0. The Kier molecular flexibility index (Phi) is 5.12. The van der Waals surface area contributed by atoms with Crippen LogP contribution in [0, 0.1) is 5.92 Å². The van der Waals surface area contributed by atoms with Gasteiger partial charge in [0.15, 0.2) is 11.5 Å². The van der Waals surface area contributed by atoms with Crippen molar-refractivity contribution >= 4 is 23.8 Å². The van der Waals surface area contributed by atoms with Crippen LogP contribution in [0.25, 0.3) is 0 Å². The third-order valence-electron chi connectivity index (χ3n) is 5.71. The molecule has 0 aromatic heterocycles. The molecule has 0 spiro atoms. The van der Waals surface area contributed by atoms with Crippen LogP contribution < -0.4 is 14.8 Å². The van der Waals surface area contributed by atoms with E-state index in [1.165, 1.54) is 0 Å². The van der Waals surface area contributed by atoms with E-state index in [1.54, 1.807) is 18.2 Å². The maximum atomic E-state index is 12.7. The molecular weight excluding hydrogens is 378 g/mol. The highest BCUT2D eigenvalue weighted by Crippen LogP contribution is 2.33. The van der Waals surface area contributed by atoms with Gasteiger partial charge in [-0.05, 0) is 36.5 Å². The maximum absolute atomic E-state index is 12.7. The fourth-order valence-corrected chi connectivity index (χ4v) is 4.09. The van der Waals surface area contributed by atoms with E-state index in [9.17, 15) is 19.2 Å². The minimum Gasteiger partial charge on any atom is -0.454 e. The smallest absolute Gasteiger partial charge is 0.334 e. The number of hydrogen-bond acceptors (Lipinski definition) is 6. The van der Waals surface area contributed by atoms with Gasteiger partial charge in [0.1, 0.15) is 6.54 Å². The van der Waals surface area contributed by atoms with E-state index < -0.39 is 30.3 Å². The number of carbonyl (C=O) groups is 4. The standard InChI is InChI=1S/C20H23N3O6/c1-12-4-2-3-5-14(12)23-19(26)18(25)22(20(23)27)10-17(24)21-9-13-6-7-15-16(8-13)29-11-28-15/h6-8,12,14H,2-5,9-11H2,1H3,(H,21,24)/t12-,14-/m1/s1. The minimum absolute atomic E-state index is 0.143. The average Bonchev–Trinajstić information content (AvgIpc) is 3.26. The number of urea groups is 1. The Bertz CT molecular complexity index is 870. The van der Waals surface area contributed by atoms with Gasteiger partial charge in [-0.2, -0.15) is 0 Å². The zero-order valence-corrected chi connectivity index (χ0v) is 16.2. The number of fused-ring (bicyclic) bond motifs is 1. The van der Waals surface area contributed by atoms with Crippen molar-refractivity contribution in [1.29, 1.82) is 0 Å². The Hall–Kier alpha value is -3.10. The molecule has 2 fully saturated rings. The summed E-state index contributed by atoms with van der Waals surface area (Å²) in [4.78, 5) is 51.5. The van der Waals surface area contributed by atoms with Crippen molar-refractivity contribution in [2.24, 2.45) is 5.92 Å². The lowest BCUT2D eigenvalue weighted by Gasteiger charge is -2.34. The molecule has 1 N–H and O–H groups in total. The SMILES string of the molecule is C[C@@H]1CCCC[C@H]1N1C(=O)C(=O)N(CC(=O)NCc2ccc3c(c2)OCO3)C1=O. The third-order valence-corrected chi connectivity index (χ3v) is 5.71. The molecule has 0 radical (unpaired) electrons. The van der Waals surface area contributed by atoms with Gasteiger partial charge in [0, 0.05) is 12.6 Å². The van der Waals surface area contributed by atoms with Gasteiger partial charge in [0.05, 0.1) is 0 Å². The van der Waals surface area contributed by atoms with E-state index in [2.05, 4.69) is 5.32 Å². The van der Waals surface area contributed by atoms with Gasteiger partial charge in [-0.3, -0.25) is 19.3 Å². The number of rotatable bonds is 5. The summed E-state index contributed by atoms with van der Waals surface area (Å²) in [5.74, 6) is -0.906. The molecule has 5 amide bonds. The fourth-order valence-electron chi connectivity index (χ4n) is 4.09. The van der Waals surface area contributed by atoms with Gasteiger partial charge in [-0.15, -0.1) is 0 Å². The average molecular weight is 401 g/mol. The summed E-state index contributed by atoms with van der Waals surface area (Å²) in [6.45, 7) is 1.86. The first-order valence-corrected chi connectivity index (χ1v) is 9.80. The summed E-state index contributed by atoms with van der Waals surface area (Å²) in [5.41, 5.74) is 0.787. The Morgan fingerprint density at radius 2 is 1.86 bits per heavy atom. The van der Waals surface area contributed by atoms with Crippen LogP contribution in [0.3, 0.4) is 0 Å². The van der Waals surface area contributed by atoms with Crippen LogP contribution in [0.5, 0.6) is 11.5 Å². The van der Waals surface area contributed by atoms with Gasteiger partial charge in [-0.25, -0.2) is 9.69 Å². The number of hydrogen-bond donors (Lipinski definition) is 1. The Balaban J connectivity index is 1.37. The van der Waals surface area contributed by atoms with Crippen molar-refractivity contribution in [2.45, 2.75) is 45.2 Å². The summed E-state index contributed by atoms with van der Waals surface area (Å²) >= 11 is 0. The highest BCUT2D eigenvalue weighted by Gasteiger charge is 2.49. The van der Waals surface area contributed by atoms with Crippen LogP contribution in [-0.4, -0.2) is 52.9 Å². The van der Waals surface area contributed by atoms with Crippen LogP contribution in [-0.2, 0) is 20.9 Å². The van der Waals surface area contributed by atoms with Gasteiger partial charge in [-0.1, -0.05) is 25.8 Å². The summed E-state index contributed by atoms with van der Waals surface area (Å²) in [6.07, 6.45) is 3.56. The van der Waals surface area contributed by atoms with Gasteiger partial charge in [0.25, 0.3) is 0 Å². The molecule has 2 heterocycles. The predicted octanol–water partition coefficient (Wildman–Crippen LogP) is 1.40. The van der Waals surface area contributed by atoms with Crippen LogP contribution in [0.2, 0.25) is 0 Å². The number of nitrogens with zero attached hydrogens (tertiary/aromatic N) is 2. The largest absolute Gasteiger partial charge is 0.454 e. The molecular formula is C20H23N3O6. The second kappa shape index (κ2) is 7.73. The van der Waals surface area contributed by atoms with E-state index in [0.717, 1.165) is 34.6 Å². The lowest BCUT2D eigenvalue weighted by Crippen LogP contribution is -2.47. The van der Waals surface area contributed by atoms with E-state index in [0.29, 0.717) is 17.9 Å². The van der Waals surface area contributed by atoms with Crippen LogP contribution in [0.4, 0.5) is 4.79 Å². The number of ether oxygens (including phenoxy) is 2. The highest BCUT2D eigenvalue weighted by molar-refractivity contribution is 6.45. The monoisotopic (exact) mass is 401 g/mol. The molecule has 9 heteroatoms. The molecule has 29 heavy (non-hydrogen) atoms. The predicted molar refractivity (Wildman–Crippen MR) is 99.8 cm³/mol. The molecule has 1 aliphatic carbocycles. The first kappa shape index (κ1) is 19.2. The molecule has 154 valence electrons. The number of benzene rings is 1. The van der Waals surface area contributed by atoms with Crippen LogP contribution in [0.1, 0.15) is 38.2 Å². The van der Waals surface area contributed by atoms with Crippen molar-refractivity contribution in [2.75, 3.05) is 13.3 Å². The lowest BCUT2D eigenvalue weighted by molar-refractivity contribution is -0.145. The quantitative estimate of drug-likeness (QED) is 0.591. The molecule has 0 unspecified atom stereocenters. The first-order valence-electron chi connectivity index (χ1n) is 9.80. The maximum Gasteiger partial charge on any atom is 0.334 e. The molecule has 0 bridgehead atoms. The van der Waals surface area contributed by atoms with Gasteiger partial charge >= 0.3 is 17.8 Å². The highest BCUT2D eigenvalue weighted by atomic mass is 16.7. The van der Waals surface area contributed by atoms with E-state index in [-0.39, 0.29) is 25.3 Å². The molecule has 1 saturated heterocycles. The lowest BCUT2D eigenvalue weighted by atomic mass is 9.85. The number of carbonyl (C=O) groups excluding carboxylic acids is 4. The van der Waals surface area contributed by atoms with Crippen molar-refractivity contribution in [1.82, 2.24) is 15.1 Å². The Morgan fingerprint density at radius 3 is 2.66 bits per heavy atom. The number of imide groups is 2. The normalized spacial score (nSPS) is 23.7. The summed E-state index contributed by atoms with van der Waals surface area (Å²) in [6, 6.07) is 4.31. The summed E-state index contributed by atoms with van der Waals surface area (Å²) in [5, 5.41) is 2.66. The molecule has 9 nitrogen and oxygen atoms in total. The van der Waals surface area contributed by atoms with E-state index >= 15 is 0 Å². The molecule has 1 aromatic rings. The molecule has 4 rings (SSSR count). The topological polar surface area (TPSA) is 105 Å². The Labute approximate surface area is 167 Å². The summed E-state index contributed by atoms with van der Waals surface area (Å²) < 4.78 is 10.5. The van der Waals surface area contributed by atoms with Crippen molar-refractivity contribution in [3.8, 4) is 11.5 Å². The minimum atomic E-state index is -0.939. The fraction of sp³-hybridized carbons (Fsp3) is 0.500. The second-order valence-electron chi connectivity index (χ2n) is 7.64. The molecule has 3 aliphatic rings. The van der Waals surface area contributed by atoms with Crippen LogP contribution in [0.15, 0.2) is 18.2 Å². The van der Waals surface area contributed by atoms with Gasteiger partial charge < -0.3 is 14.8 Å². The van der Waals surface area contributed by atoms with E-state index in [4.69, 9.17) is 9.47 Å². The van der Waals surface area contributed by atoms with Gasteiger partial charge in [0.2, 0.25) is 12.7 Å². The molecule has 2 aliphatic heterocycles. The van der Waals surface area contributed by atoms with Crippen LogP contribution >= 0.6 is 0 Å². The second-order valence-corrected chi connectivity index (χ2v) is 7.64.